The van der Waals surface area contributed by atoms with E-state index in [9.17, 15) is 4.79 Å². The van der Waals surface area contributed by atoms with Crippen LogP contribution in [0.5, 0.6) is 0 Å². The van der Waals surface area contributed by atoms with Gasteiger partial charge in [0.25, 0.3) is 5.56 Å². The summed E-state index contributed by atoms with van der Waals surface area (Å²) in [7, 11) is 0. The fraction of sp³-hybridized carbons (Fsp3) is 0.667. The highest BCUT2D eigenvalue weighted by molar-refractivity contribution is 4.98. The zero-order valence-corrected chi connectivity index (χ0v) is 10.6. The van der Waals surface area contributed by atoms with E-state index in [0.29, 0.717) is 12.5 Å². The van der Waals surface area contributed by atoms with Crippen LogP contribution < -0.4 is 16.2 Å². The second-order valence-corrected chi connectivity index (χ2v) is 4.54. The van der Waals surface area contributed by atoms with Crippen molar-refractivity contribution in [2.24, 2.45) is 5.92 Å². The molecule has 1 aromatic rings. The van der Waals surface area contributed by atoms with E-state index in [-0.39, 0.29) is 5.56 Å². The lowest BCUT2D eigenvalue weighted by atomic mass is 10.2. The number of aromatic nitrogens is 2. The molecule has 0 aliphatic rings. The van der Waals surface area contributed by atoms with Crippen molar-refractivity contribution in [3.05, 3.63) is 28.2 Å². The normalized spacial score (nSPS) is 11.0. The average Bonchev–Trinajstić information content (AvgIpc) is 2.30. The van der Waals surface area contributed by atoms with Gasteiger partial charge in [0.05, 0.1) is 5.69 Å². The van der Waals surface area contributed by atoms with Crippen LogP contribution in [-0.4, -0.2) is 29.8 Å². The maximum atomic E-state index is 10.8. The monoisotopic (exact) mass is 238 g/mol. The largest absolute Gasteiger partial charge is 0.316 e. The van der Waals surface area contributed by atoms with E-state index >= 15 is 0 Å². The van der Waals surface area contributed by atoms with Crippen molar-refractivity contribution in [2.45, 2.75) is 26.8 Å². The van der Waals surface area contributed by atoms with Crippen molar-refractivity contribution < 1.29 is 0 Å². The summed E-state index contributed by atoms with van der Waals surface area (Å²) < 4.78 is 0. The van der Waals surface area contributed by atoms with E-state index in [1.54, 1.807) is 6.07 Å². The number of H-pyrrole nitrogens is 1. The molecule has 1 heterocycles. The molecule has 0 aliphatic carbocycles. The van der Waals surface area contributed by atoms with Crippen molar-refractivity contribution in [2.75, 3.05) is 19.6 Å². The quantitative estimate of drug-likeness (QED) is 0.577. The van der Waals surface area contributed by atoms with Gasteiger partial charge in [0.1, 0.15) is 0 Å². The first-order valence-electron chi connectivity index (χ1n) is 6.14. The minimum atomic E-state index is -0.161. The number of aromatic amines is 1. The lowest BCUT2D eigenvalue weighted by molar-refractivity contribution is 0.529. The molecule has 0 spiro atoms. The molecule has 0 saturated heterocycles. The average molecular weight is 238 g/mol. The van der Waals surface area contributed by atoms with Gasteiger partial charge in [-0.3, -0.25) is 4.79 Å². The highest BCUT2D eigenvalue weighted by atomic mass is 16.1. The highest BCUT2D eigenvalue weighted by Gasteiger charge is 1.95. The van der Waals surface area contributed by atoms with Crippen LogP contribution in [-0.2, 0) is 6.54 Å². The van der Waals surface area contributed by atoms with Crippen molar-refractivity contribution in [1.29, 1.82) is 0 Å². The number of hydrogen-bond donors (Lipinski definition) is 3. The zero-order valence-electron chi connectivity index (χ0n) is 10.6. The van der Waals surface area contributed by atoms with E-state index in [4.69, 9.17) is 0 Å². The van der Waals surface area contributed by atoms with Crippen LogP contribution in [0.3, 0.4) is 0 Å². The van der Waals surface area contributed by atoms with Gasteiger partial charge in [-0.05, 0) is 38.0 Å². The number of rotatable bonds is 8. The molecule has 96 valence electrons. The Bertz CT molecular complexity index is 341. The Kier molecular flexibility index (Phi) is 6.50. The molecule has 5 nitrogen and oxygen atoms in total. The Morgan fingerprint density at radius 2 is 2.06 bits per heavy atom. The summed E-state index contributed by atoms with van der Waals surface area (Å²) in [5.41, 5.74) is 0.700. The van der Waals surface area contributed by atoms with E-state index in [1.807, 2.05) is 0 Å². The topological polar surface area (TPSA) is 69.8 Å². The van der Waals surface area contributed by atoms with Crippen molar-refractivity contribution in [1.82, 2.24) is 20.8 Å². The molecule has 17 heavy (non-hydrogen) atoms. The third kappa shape index (κ3) is 6.86. The summed E-state index contributed by atoms with van der Waals surface area (Å²) in [5, 5.41) is 13.0. The van der Waals surface area contributed by atoms with Gasteiger partial charge in [0.2, 0.25) is 0 Å². The van der Waals surface area contributed by atoms with Gasteiger partial charge in [-0.25, -0.2) is 5.10 Å². The first kappa shape index (κ1) is 13.9. The molecule has 0 saturated carbocycles. The maximum absolute atomic E-state index is 10.8. The van der Waals surface area contributed by atoms with Gasteiger partial charge in [-0.15, -0.1) is 0 Å². The smallest absolute Gasteiger partial charge is 0.264 e. The minimum absolute atomic E-state index is 0.161. The van der Waals surface area contributed by atoms with Crippen LogP contribution in [0.25, 0.3) is 0 Å². The molecule has 3 N–H and O–H groups in total. The van der Waals surface area contributed by atoms with Crippen molar-refractivity contribution >= 4 is 0 Å². The molecule has 1 rings (SSSR count). The minimum Gasteiger partial charge on any atom is -0.316 e. The van der Waals surface area contributed by atoms with E-state index in [2.05, 4.69) is 34.7 Å². The SMILES string of the molecule is CC(C)CNCCCNCc1ccc(=O)[nH]n1. The predicted molar refractivity (Wildman–Crippen MR) is 68.9 cm³/mol. The summed E-state index contributed by atoms with van der Waals surface area (Å²) in [4.78, 5) is 10.8. The third-order valence-electron chi connectivity index (χ3n) is 2.30. The molecule has 0 atom stereocenters. The van der Waals surface area contributed by atoms with Crippen LogP contribution in [0.4, 0.5) is 0 Å². The molecule has 0 aromatic carbocycles. The second kappa shape index (κ2) is 7.97. The van der Waals surface area contributed by atoms with Crippen LogP contribution in [0.1, 0.15) is 26.0 Å². The standard InChI is InChI=1S/C12H22N4O/c1-10(2)8-13-6-3-7-14-9-11-4-5-12(17)16-15-11/h4-5,10,13-14H,3,6-9H2,1-2H3,(H,16,17). The van der Waals surface area contributed by atoms with E-state index in [0.717, 1.165) is 31.7 Å². The van der Waals surface area contributed by atoms with Crippen molar-refractivity contribution in [3.63, 3.8) is 0 Å². The molecule has 5 heteroatoms. The van der Waals surface area contributed by atoms with Gasteiger partial charge in [0.15, 0.2) is 0 Å². The van der Waals surface area contributed by atoms with Gasteiger partial charge in [0, 0.05) is 12.6 Å². The molecular weight excluding hydrogens is 216 g/mol. The van der Waals surface area contributed by atoms with Crippen molar-refractivity contribution in [3.8, 4) is 0 Å². The Hall–Kier alpha value is -1.20. The molecule has 0 amide bonds. The Labute approximate surface area is 102 Å². The second-order valence-electron chi connectivity index (χ2n) is 4.54. The first-order valence-corrected chi connectivity index (χ1v) is 6.14. The van der Waals surface area contributed by atoms with Gasteiger partial charge < -0.3 is 10.6 Å². The summed E-state index contributed by atoms with van der Waals surface area (Å²) in [6.07, 6.45) is 1.09. The molecule has 0 unspecified atom stereocenters. The fourth-order valence-electron chi connectivity index (χ4n) is 1.42. The number of nitrogens with one attached hydrogen (secondary N) is 3. The molecule has 0 fully saturated rings. The number of nitrogens with zero attached hydrogens (tertiary/aromatic N) is 1. The lowest BCUT2D eigenvalue weighted by Gasteiger charge is -2.07. The van der Waals surface area contributed by atoms with E-state index < -0.39 is 0 Å². The molecule has 0 bridgehead atoms. The predicted octanol–water partition coefficient (Wildman–Crippen LogP) is 0.495. The van der Waals surface area contributed by atoms with Crippen LogP contribution >= 0.6 is 0 Å². The van der Waals surface area contributed by atoms with Crippen LogP contribution in [0, 0.1) is 5.92 Å². The van der Waals surface area contributed by atoms with Gasteiger partial charge >= 0.3 is 0 Å². The first-order chi connectivity index (χ1) is 8.18. The molecule has 0 aliphatic heterocycles. The summed E-state index contributed by atoms with van der Waals surface area (Å²) in [6, 6.07) is 3.23. The number of hydrogen-bond acceptors (Lipinski definition) is 4. The Morgan fingerprint density at radius 3 is 2.71 bits per heavy atom. The summed E-state index contributed by atoms with van der Waals surface area (Å²) >= 11 is 0. The fourth-order valence-corrected chi connectivity index (χ4v) is 1.42. The molecular formula is C12H22N4O. The Morgan fingerprint density at radius 1 is 1.29 bits per heavy atom. The molecule has 1 aromatic heterocycles. The maximum Gasteiger partial charge on any atom is 0.264 e. The molecule has 0 radical (unpaired) electrons. The van der Waals surface area contributed by atoms with E-state index in [1.165, 1.54) is 6.07 Å². The van der Waals surface area contributed by atoms with Gasteiger partial charge in [-0.1, -0.05) is 13.8 Å². The summed E-state index contributed by atoms with van der Waals surface area (Å²) in [5.74, 6) is 0.702. The Balaban J connectivity index is 2.01. The third-order valence-corrected chi connectivity index (χ3v) is 2.30. The van der Waals surface area contributed by atoms with Crippen LogP contribution in [0.15, 0.2) is 16.9 Å². The highest BCUT2D eigenvalue weighted by Crippen LogP contribution is 1.88. The van der Waals surface area contributed by atoms with Crippen LogP contribution in [0.2, 0.25) is 0 Å². The van der Waals surface area contributed by atoms with Gasteiger partial charge in [-0.2, -0.15) is 5.10 Å². The zero-order chi connectivity index (χ0) is 12.5. The lowest BCUT2D eigenvalue weighted by Crippen LogP contribution is -2.25. The summed E-state index contributed by atoms with van der Waals surface area (Å²) in [6.45, 7) is 8.15.